The molecule has 2 fully saturated rings. The minimum absolute atomic E-state index is 0.350. The van der Waals surface area contributed by atoms with Crippen LogP contribution in [0.15, 0.2) is 0 Å². The third-order valence-electron chi connectivity index (χ3n) is 4.27. The summed E-state index contributed by atoms with van der Waals surface area (Å²) in [7, 11) is 2.13. The maximum atomic E-state index is 12.2. The molecular formula is C14H27N3O. The molecule has 2 atom stereocenters. The molecule has 2 unspecified atom stereocenters. The van der Waals surface area contributed by atoms with Gasteiger partial charge in [0.05, 0.1) is 0 Å². The van der Waals surface area contributed by atoms with Gasteiger partial charge in [0, 0.05) is 38.1 Å². The van der Waals surface area contributed by atoms with E-state index in [1.807, 2.05) is 0 Å². The summed E-state index contributed by atoms with van der Waals surface area (Å²) in [5, 5.41) is 3.52. The number of carbonyl (C=O) groups is 1. The fourth-order valence-corrected chi connectivity index (χ4v) is 3.12. The molecule has 1 N–H and O–H groups in total. The molecule has 1 amide bonds. The van der Waals surface area contributed by atoms with Crippen molar-refractivity contribution in [1.82, 2.24) is 15.1 Å². The standard InChI is InChI=1S/C14H27N3O/c1-12-11-16(2)9-10-17(12)14(18)7-6-13-5-3-4-8-15-13/h12-13,15H,3-11H2,1-2H3. The van der Waals surface area contributed by atoms with Crippen molar-refractivity contribution in [1.29, 1.82) is 0 Å². The predicted molar refractivity (Wildman–Crippen MR) is 73.5 cm³/mol. The number of rotatable bonds is 3. The minimum atomic E-state index is 0.350. The van der Waals surface area contributed by atoms with Gasteiger partial charge in [0.25, 0.3) is 0 Å². The number of nitrogens with zero attached hydrogens (tertiary/aromatic N) is 2. The topological polar surface area (TPSA) is 35.6 Å². The van der Waals surface area contributed by atoms with Crippen molar-refractivity contribution in [2.24, 2.45) is 0 Å². The quantitative estimate of drug-likeness (QED) is 0.817. The van der Waals surface area contributed by atoms with Crippen LogP contribution in [-0.4, -0.2) is 61.0 Å². The van der Waals surface area contributed by atoms with E-state index in [0.29, 0.717) is 24.4 Å². The lowest BCUT2D eigenvalue weighted by Crippen LogP contribution is -2.52. The van der Waals surface area contributed by atoms with Crippen LogP contribution in [0.5, 0.6) is 0 Å². The molecule has 2 rings (SSSR count). The Kier molecular flexibility index (Phi) is 5.01. The zero-order chi connectivity index (χ0) is 13.0. The van der Waals surface area contributed by atoms with Crippen LogP contribution in [-0.2, 0) is 4.79 Å². The molecule has 2 aliphatic heterocycles. The average Bonchev–Trinajstić information content (AvgIpc) is 2.37. The van der Waals surface area contributed by atoms with Crippen molar-refractivity contribution >= 4 is 5.91 Å². The van der Waals surface area contributed by atoms with Crippen molar-refractivity contribution in [3.8, 4) is 0 Å². The number of piperidine rings is 1. The van der Waals surface area contributed by atoms with E-state index in [1.54, 1.807) is 0 Å². The summed E-state index contributed by atoms with van der Waals surface area (Å²) in [5.74, 6) is 0.350. The summed E-state index contributed by atoms with van der Waals surface area (Å²) in [4.78, 5) is 16.6. The van der Waals surface area contributed by atoms with Gasteiger partial charge in [-0.2, -0.15) is 0 Å². The number of hydrogen-bond acceptors (Lipinski definition) is 3. The van der Waals surface area contributed by atoms with Crippen molar-refractivity contribution in [2.75, 3.05) is 33.2 Å². The molecule has 0 radical (unpaired) electrons. The molecule has 0 aromatic rings. The van der Waals surface area contributed by atoms with E-state index in [0.717, 1.165) is 32.6 Å². The van der Waals surface area contributed by atoms with Crippen LogP contribution in [0.2, 0.25) is 0 Å². The lowest BCUT2D eigenvalue weighted by molar-refractivity contribution is -0.135. The number of piperazine rings is 1. The van der Waals surface area contributed by atoms with Gasteiger partial charge in [-0.1, -0.05) is 6.42 Å². The Bertz CT molecular complexity index is 276. The minimum Gasteiger partial charge on any atom is -0.337 e. The lowest BCUT2D eigenvalue weighted by atomic mass is 10.00. The van der Waals surface area contributed by atoms with Crippen molar-refractivity contribution < 1.29 is 4.79 Å². The summed E-state index contributed by atoms with van der Waals surface area (Å²) < 4.78 is 0. The molecule has 0 aromatic carbocycles. The van der Waals surface area contributed by atoms with E-state index in [2.05, 4.69) is 29.1 Å². The Hall–Kier alpha value is -0.610. The zero-order valence-corrected chi connectivity index (χ0v) is 11.8. The summed E-state index contributed by atoms with van der Waals surface area (Å²) >= 11 is 0. The molecule has 18 heavy (non-hydrogen) atoms. The highest BCUT2D eigenvalue weighted by Crippen LogP contribution is 2.15. The van der Waals surface area contributed by atoms with Gasteiger partial charge in [0.2, 0.25) is 5.91 Å². The summed E-state index contributed by atoms with van der Waals surface area (Å²) in [5.41, 5.74) is 0. The fraction of sp³-hybridized carbons (Fsp3) is 0.929. The van der Waals surface area contributed by atoms with E-state index < -0.39 is 0 Å². The maximum absolute atomic E-state index is 12.2. The maximum Gasteiger partial charge on any atom is 0.222 e. The molecule has 0 saturated carbocycles. The summed E-state index contributed by atoms with van der Waals surface area (Å²) in [6.45, 7) is 6.20. The second-order valence-electron chi connectivity index (χ2n) is 5.88. The largest absolute Gasteiger partial charge is 0.337 e. The van der Waals surface area contributed by atoms with Crippen LogP contribution in [0.3, 0.4) is 0 Å². The van der Waals surface area contributed by atoms with Gasteiger partial charge in [0.15, 0.2) is 0 Å². The Labute approximate surface area is 111 Å². The molecule has 0 aliphatic carbocycles. The third-order valence-corrected chi connectivity index (χ3v) is 4.27. The van der Waals surface area contributed by atoms with Crippen molar-refractivity contribution in [3.63, 3.8) is 0 Å². The Morgan fingerprint density at radius 1 is 1.33 bits per heavy atom. The molecule has 4 nitrogen and oxygen atoms in total. The van der Waals surface area contributed by atoms with Gasteiger partial charge >= 0.3 is 0 Å². The van der Waals surface area contributed by atoms with E-state index in [4.69, 9.17) is 0 Å². The van der Waals surface area contributed by atoms with Crippen molar-refractivity contribution in [2.45, 2.75) is 51.1 Å². The highest BCUT2D eigenvalue weighted by Gasteiger charge is 2.26. The number of carbonyl (C=O) groups excluding carboxylic acids is 1. The first kappa shape index (κ1) is 13.8. The van der Waals surface area contributed by atoms with Crippen LogP contribution >= 0.6 is 0 Å². The SMILES string of the molecule is CC1CN(C)CCN1C(=O)CCC1CCCCN1. The molecule has 0 spiro atoms. The molecule has 104 valence electrons. The van der Waals surface area contributed by atoms with E-state index in [9.17, 15) is 4.79 Å². The Balaban J connectivity index is 1.73. The van der Waals surface area contributed by atoms with Crippen LogP contribution in [0.4, 0.5) is 0 Å². The Morgan fingerprint density at radius 3 is 2.83 bits per heavy atom. The molecule has 0 bridgehead atoms. The molecular weight excluding hydrogens is 226 g/mol. The first-order valence-electron chi connectivity index (χ1n) is 7.38. The highest BCUT2D eigenvalue weighted by molar-refractivity contribution is 5.76. The predicted octanol–water partition coefficient (Wildman–Crippen LogP) is 1.07. The molecule has 0 aromatic heterocycles. The summed E-state index contributed by atoms with van der Waals surface area (Å²) in [6.07, 6.45) is 5.58. The molecule has 2 heterocycles. The normalized spacial score (nSPS) is 30.4. The third kappa shape index (κ3) is 3.69. The van der Waals surface area contributed by atoms with Gasteiger partial charge < -0.3 is 15.1 Å². The number of likely N-dealkylation sites (N-methyl/N-ethyl adjacent to an activating group) is 1. The van der Waals surface area contributed by atoms with Gasteiger partial charge in [0.1, 0.15) is 0 Å². The van der Waals surface area contributed by atoms with Gasteiger partial charge in [-0.15, -0.1) is 0 Å². The lowest BCUT2D eigenvalue weighted by Gasteiger charge is -2.38. The Morgan fingerprint density at radius 2 is 2.17 bits per heavy atom. The molecule has 2 aliphatic rings. The van der Waals surface area contributed by atoms with Gasteiger partial charge in [-0.05, 0) is 39.8 Å². The van der Waals surface area contributed by atoms with E-state index in [-0.39, 0.29) is 0 Å². The average molecular weight is 253 g/mol. The molecule has 2 saturated heterocycles. The fourth-order valence-electron chi connectivity index (χ4n) is 3.12. The number of hydrogen-bond donors (Lipinski definition) is 1. The van der Waals surface area contributed by atoms with Crippen LogP contribution < -0.4 is 5.32 Å². The van der Waals surface area contributed by atoms with Crippen LogP contribution in [0, 0.1) is 0 Å². The van der Waals surface area contributed by atoms with Crippen molar-refractivity contribution in [3.05, 3.63) is 0 Å². The second-order valence-corrected chi connectivity index (χ2v) is 5.88. The van der Waals surface area contributed by atoms with E-state index in [1.165, 1.54) is 19.3 Å². The van der Waals surface area contributed by atoms with Crippen LogP contribution in [0.1, 0.15) is 39.0 Å². The second kappa shape index (κ2) is 6.53. The smallest absolute Gasteiger partial charge is 0.222 e. The molecule has 4 heteroatoms. The monoisotopic (exact) mass is 253 g/mol. The highest BCUT2D eigenvalue weighted by atomic mass is 16.2. The summed E-state index contributed by atoms with van der Waals surface area (Å²) in [6, 6.07) is 0.945. The van der Waals surface area contributed by atoms with Gasteiger partial charge in [-0.25, -0.2) is 0 Å². The first-order chi connectivity index (χ1) is 8.66. The number of nitrogens with one attached hydrogen (secondary N) is 1. The van der Waals surface area contributed by atoms with Crippen LogP contribution in [0.25, 0.3) is 0 Å². The van der Waals surface area contributed by atoms with Gasteiger partial charge in [-0.3, -0.25) is 4.79 Å². The van der Waals surface area contributed by atoms with E-state index >= 15 is 0 Å². The zero-order valence-electron chi connectivity index (χ0n) is 11.8. The first-order valence-corrected chi connectivity index (χ1v) is 7.38. The number of amides is 1.